The average Bonchev–Trinajstić information content (AvgIpc) is 3.15. The quantitative estimate of drug-likeness (QED) is 0.245. The number of benzene rings is 4. The molecule has 0 fully saturated rings. The van der Waals surface area contributed by atoms with Gasteiger partial charge in [0.05, 0.1) is 12.8 Å². The lowest BCUT2D eigenvalue weighted by Crippen LogP contribution is -2.32. The molecule has 0 radical (unpaired) electrons. The van der Waals surface area contributed by atoms with Crippen molar-refractivity contribution >= 4 is 46.6 Å². The van der Waals surface area contributed by atoms with E-state index in [0.29, 0.717) is 33.6 Å². The van der Waals surface area contributed by atoms with E-state index in [0.717, 1.165) is 9.80 Å². The largest absolute Gasteiger partial charge is 0.497 e. The third-order valence-electron chi connectivity index (χ3n) is 5.49. The second kappa shape index (κ2) is 10.8. The van der Waals surface area contributed by atoms with E-state index in [9.17, 15) is 9.59 Å². The fraction of sp³-hybridized carbons (Fsp3) is 0.0345. The van der Waals surface area contributed by atoms with Crippen LogP contribution in [0.25, 0.3) is 0 Å². The lowest BCUT2D eigenvalue weighted by molar-refractivity contribution is -0.120. The Bertz CT molecular complexity index is 1470. The van der Waals surface area contributed by atoms with Crippen molar-refractivity contribution in [2.75, 3.05) is 17.3 Å². The highest BCUT2D eigenvalue weighted by Crippen LogP contribution is 2.39. The van der Waals surface area contributed by atoms with Crippen LogP contribution in [0, 0.1) is 0 Å². The molecule has 37 heavy (non-hydrogen) atoms. The molecule has 2 amide bonds. The van der Waals surface area contributed by atoms with Crippen LogP contribution in [0.4, 0.5) is 11.4 Å². The zero-order chi connectivity index (χ0) is 25.8. The van der Waals surface area contributed by atoms with Crippen LogP contribution in [0.1, 0.15) is 0 Å². The third-order valence-corrected chi connectivity index (χ3v) is 6.83. The van der Waals surface area contributed by atoms with Crippen molar-refractivity contribution in [1.29, 1.82) is 0 Å². The molecule has 0 bridgehead atoms. The number of hydrogen-bond donors (Lipinski definition) is 1. The summed E-state index contributed by atoms with van der Waals surface area (Å²) in [6, 6.07) is 30.5. The van der Waals surface area contributed by atoms with Crippen molar-refractivity contribution in [3.05, 3.63) is 119 Å². The third kappa shape index (κ3) is 5.48. The number of hydrogen-bond acceptors (Lipinski definition) is 6. The minimum atomic E-state index is -0.457. The molecule has 0 atom stereocenters. The van der Waals surface area contributed by atoms with E-state index in [4.69, 9.17) is 21.1 Å². The topological polar surface area (TPSA) is 67.9 Å². The SMILES string of the molecule is COc1cccc(NC2=C(Sc3ccc(Cl)cc3)C(=O)N(c3ccc(Oc4ccccc4)cc3)C2=O)c1. The monoisotopic (exact) mass is 528 g/mol. The van der Waals surface area contributed by atoms with Gasteiger partial charge in [-0.2, -0.15) is 0 Å². The van der Waals surface area contributed by atoms with Crippen molar-refractivity contribution < 1.29 is 19.1 Å². The zero-order valence-corrected chi connectivity index (χ0v) is 21.3. The molecular formula is C29H21ClN2O4S. The van der Waals surface area contributed by atoms with Gasteiger partial charge in [0.2, 0.25) is 0 Å². The first kappa shape index (κ1) is 24.5. The smallest absolute Gasteiger partial charge is 0.283 e. The molecule has 0 spiro atoms. The van der Waals surface area contributed by atoms with Gasteiger partial charge in [-0.05, 0) is 72.8 Å². The van der Waals surface area contributed by atoms with Crippen molar-refractivity contribution in [1.82, 2.24) is 0 Å². The maximum Gasteiger partial charge on any atom is 0.283 e. The Morgan fingerprint density at radius 3 is 2.14 bits per heavy atom. The molecule has 1 aliphatic heterocycles. The number of anilines is 2. The molecule has 0 saturated carbocycles. The van der Waals surface area contributed by atoms with Crippen LogP contribution in [-0.4, -0.2) is 18.9 Å². The second-order valence-corrected chi connectivity index (χ2v) is 9.49. The van der Waals surface area contributed by atoms with Gasteiger partial charge >= 0.3 is 0 Å². The molecule has 0 saturated heterocycles. The van der Waals surface area contributed by atoms with Gasteiger partial charge in [-0.3, -0.25) is 9.59 Å². The molecule has 1 aliphatic rings. The van der Waals surface area contributed by atoms with E-state index in [1.807, 2.05) is 30.3 Å². The van der Waals surface area contributed by atoms with Crippen LogP contribution in [0.15, 0.2) is 119 Å². The number of rotatable bonds is 8. The molecule has 4 aromatic rings. The number of ether oxygens (including phenoxy) is 2. The maximum atomic E-state index is 13.6. The van der Waals surface area contributed by atoms with Crippen LogP contribution in [-0.2, 0) is 9.59 Å². The van der Waals surface area contributed by atoms with Crippen molar-refractivity contribution in [2.45, 2.75) is 4.90 Å². The summed E-state index contributed by atoms with van der Waals surface area (Å²) in [4.78, 5) is 29.4. The number of carbonyl (C=O) groups is 2. The molecule has 184 valence electrons. The molecule has 0 unspecified atom stereocenters. The molecular weight excluding hydrogens is 508 g/mol. The van der Waals surface area contributed by atoms with Crippen LogP contribution in [0.5, 0.6) is 17.2 Å². The molecule has 6 nitrogen and oxygen atoms in total. The highest BCUT2D eigenvalue weighted by atomic mass is 35.5. The number of thioether (sulfide) groups is 1. The molecule has 0 aliphatic carbocycles. The van der Waals surface area contributed by atoms with Crippen molar-refractivity contribution in [3.8, 4) is 17.2 Å². The Kier molecular flexibility index (Phi) is 7.16. The maximum absolute atomic E-state index is 13.6. The highest BCUT2D eigenvalue weighted by Gasteiger charge is 2.40. The molecule has 4 aromatic carbocycles. The zero-order valence-electron chi connectivity index (χ0n) is 19.7. The van der Waals surface area contributed by atoms with Crippen LogP contribution in [0.3, 0.4) is 0 Å². The molecule has 0 aromatic heterocycles. The van der Waals surface area contributed by atoms with E-state index < -0.39 is 11.8 Å². The van der Waals surface area contributed by atoms with Crippen LogP contribution in [0.2, 0.25) is 5.02 Å². The molecule has 1 N–H and O–H groups in total. The first-order valence-electron chi connectivity index (χ1n) is 11.3. The Hall–Kier alpha value is -4.20. The van der Waals surface area contributed by atoms with E-state index >= 15 is 0 Å². The van der Waals surface area contributed by atoms with Crippen molar-refractivity contribution in [3.63, 3.8) is 0 Å². The molecule has 5 rings (SSSR count). The summed E-state index contributed by atoms with van der Waals surface area (Å²) in [5.41, 5.74) is 1.24. The average molecular weight is 529 g/mol. The van der Waals surface area contributed by atoms with Gasteiger partial charge in [-0.1, -0.05) is 47.6 Å². The van der Waals surface area contributed by atoms with Gasteiger partial charge in [0.1, 0.15) is 27.9 Å². The number of nitrogens with one attached hydrogen (secondary N) is 1. The fourth-order valence-electron chi connectivity index (χ4n) is 3.70. The molecule has 1 heterocycles. The number of methoxy groups -OCH3 is 1. The summed E-state index contributed by atoms with van der Waals surface area (Å²) in [5.74, 6) is 1.03. The first-order valence-corrected chi connectivity index (χ1v) is 12.5. The summed E-state index contributed by atoms with van der Waals surface area (Å²) in [6.45, 7) is 0. The number of imide groups is 1. The lowest BCUT2D eigenvalue weighted by Gasteiger charge is -2.16. The number of halogens is 1. The Labute approximate surface area is 223 Å². The fourth-order valence-corrected chi connectivity index (χ4v) is 4.76. The summed E-state index contributed by atoms with van der Waals surface area (Å²) >= 11 is 7.23. The predicted octanol–water partition coefficient (Wildman–Crippen LogP) is 7.13. The summed E-state index contributed by atoms with van der Waals surface area (Å²) < 4.78 is 11.1. The Balaban J connectivity index is 1.45. The highest BCUT2D eigenvalue weighted by molar-refractivity contribution is 8.04. The van der Waals surface area contributed by atoms with Gasteiger partial charge in [-0.15, -0.1) is 0 Å². The van der Waals surface area contributed by atoms with Gasteiger partial charge in [-0.25, -0.2) is 4.90 Å². The van der Waals surface area contributed by atoms with Crippen LogP contribution >= 0.6 is 23.4 Å². The van der Waals surface area contributed by atoms with Gasteiger partial charge in [0.25, 0.3) is 11.8 Å². The predicted molar refractivity (Wildman–Crippen MR) is 146 cm³/mol. The number of nitrogens with zero attached hydrogens (tertiary/aromatic N) is 1. The summed E-state index contributed by atoms with van der Waals surface area (Å²) in [5, 5.41) is 3.72. The van der Waals surface area contributed by atoms with E-state index in [1.54, 1.807) is 79.9 Å². The number of carbonyl (C=O) groups excluding carboxylic acids is 2. The van der Waals surface area contributed by atoms with Gasteiger partial charge in [0.15, 0.2) is 0 Å². The second-order valence-electron chi connectivity index (χ2n) is 7.97. The number of para-hydroxylation sites is 1. The minimum absolute atomic E-state index is 0.183. The van der Waals surface area contributed by atoms with Gasteiger partial charge in [0, 0.05) is 21.7 Å². The normalized spacial score (nSPS) is 13.2. The van der Waals surface area contributed by atoms with Gasteiger partial charge < -0.3 is 14.8 Å². The number of amides is 2. The van der Waals surface area contributed by atoms with Crippen LogP contribution < -0.4 is 19.7 Å². The Morgan fingerprint density at radius 2 is 1.43 bits per heavy atom. The van der Waals surface area contributed by atoms with E-state index in [-0.39, 0.29) is 10.6 Å². The minimum Gasteiger partial charge on any atom is -0.497 e. The standard InChI is InChI=1S/C29H21ClN2O4S/c1-35-24-9-5-6-20(18-24)31-26-27(37-25-16-10-19(30)11-17-25)29(34)32(28(26)33)21-12-14-23(15-13-21)36-22-7-3-2-4-8-22/h2-18,31H,1H3. The molecule has 8 heteroatoms. The lowest BCUT2D eigenvalue weighted by atomic mass is 10.2. The van der Waals surface area contributed by atoms with E-state index in [2.05, 4.69) is 5.32 Å². The Morgan fingerprint density at radius 1 is 0.757 bits per heavy atom. The first-order chi connectivity index (χ1) is 18.0. The van der Waals surface area contributed by atoms with E-state index in [1.165, 1.54) is 11.8 Å². The summed E-state index contributed by atoms with van der Waals surface area (Å²) in [7, 11) is 1.57. The summed E-state index contributed by atoms with van der Waals surface area (Å²) in [6.07, 6.45) is 0. The van der Waals surface area contributed by atoms with Crippen molar-refractivity contribution in [2.24, 2.45) is 0 Å².